The molecule has 0 atom stereocenters. The van der Waals surface area contributed by atoms with Gasteiger partial charge in [-0.3, -0.25) is 4.68 Å². The van der Waals surface area contributed by atoms with Crippen molar-refractivity contribution in [3.05, 3.63) is 11.3 Å². The summed E-state index contributed by atoms with van der Waals surface area (Å²) in [5, 5.41) is 13.8. The molecule has 110 valence electrons. The van der Waals surface area contributed by atoms with Crippen LogP contribution in [-0.4, -0.2) is 28.4 Å². The number of nitrogens with two attached hydrogens (primary N) is 1. The quantitative estimate of drug-likeness (QED) is 0.913. The molecule has 1 saturated carbocycles. The largest absolute Gasteiger partial charge is 0.353 e. The van der Waals surface area contributed by atoms with Gasteiger partial charge in [-0.05, 0) is 39.0 Å². The highest BCUT2D eigenvalue weighted by Gasteiger charge is 2.28. The molecule has 5 nitrogen and oxygen atoms in total. The smallest absolute Gasteiger partial charge is 0.145 e. The second-order valence-corrected chi connectivity index (χ2v) is 5.78. The lowest BCUT2D eigenvalue weighted by Gasteiger charge is -2.37. The Labute approximate surface area is 121 Å². The minimum absolute atomic E-state index is 0.346. The van der Waals surface area contributed by atoms with Gasteiger partial charge in [0.05, 0.1) is 5.69 Å². The molecule has 2 rings (SSSR count). The van der Waals surface area contributed by atoms with Crippen LogP contribution in [-0.2, 0) is 7.05 Å². The van der Waals surface area contributed by atoms with Crippen molar-refractivity contribution < 1.29 is 0 Å². The summed E-state index contributed by atoms with van der Waals surface area (Å²) < 4.78 is 1.86. The van der Waals surface area contributed by atoms with Crippen molar-refractivity contribution in [1.82, 2.24) is 9.78 Å². The molecular weight excluding hydrogens is 250 g/mol. The SMILES string of the molecule is CCCN(c1c(C#N)c(C)nn1C)C1CCC(N)CC1. The summed E-state index contributed by atoms with van der Waals surface area (Å²) in [5.41, 5.74) is 7.55. The minimum Gasteiger partial charge on any atom is -0.353 e. The zero-order valence-corrected chi connectivity index (χ0v) is 12.8. The Hall–Kier alpha value is -1.54. The highest BCUT2D eigenvalue weighted by Crippen LogP contribution is 2.30. The maximum atomic E-state index is 9.42. The summed E-state index contributed by atoms with van der Waals surface area (Å²) in [6, 6.07) is 3.15. The molecule has 0 radical (unpaired) electrons. The van der Waals surface area contributed by atoms with E-state index in [0.717, 1.165) is 55.7 Å². The van der Waals surface area contributed by atoms with E-state index < -0.39 is 0 Å². The molecule has 20 heavy (non-hydrogen) atoms. The van der Waals surface area contributed by atoms with Gasteiger partial charge in [-0.25, -0.2) is 0 Å². The van der Waals surface area contributed by atoms with Crippen molar-refractivity contribution in [3.8, 4) is 6.07 Å². The van der Waals surface area contributed by atoms with Gasteiger partial charge in [-0.15, -0.1) is 0 Å². The highest BCUT2D eigenvalue weighted by molar-refractivity contribution is 5.57. The van der Waals surface area contributed by atoms with Crippen LogP contribution in [0.3, 0.4) is 0 Å². The van der Waals surface area contributed by atoms with Crippen LogP contribution < -0.4 is 10.6 Å². The predicted octanol–water partition coefficient (Wildman–Crippen LogP) is 2.09. The lowest BCUT2D eigenvalue weighted by molar-refractivity contribution is 0.372. The van der Waals surface area contributed by atoms with Crippen LogP contribution in [0.15, 0.2) is 0 Å². The Kier molecular flexibility index (Phi) is 4.66. The molecule has 5 heteroatoms. The minimum atomic E-state index is 0.346. The normalized spacial score (nSPS) is 22.6. The summed E-state index contributed by atoms with van der Waals surface area (Å²) in [4.78, 5) is 2.38. The van der Waals surface area contributed by atoms with Gasteiger partial charge in [0.25, 0.3) is 0 Å². The number of nitrogens with zero attached hydrogens (tertiary/aromatic N) is 4. The predicted molar refractivity (Wildman–Crippen MR) is 80.5 cm³/mol. The third kappa shape index (κ3) is 2.80. The molecule has 1 aliphatic carbocycles. The Morgan fingerprint density at radius 2 is 2.05 bits per heavy atom. The highest BCUT2D eigenvalue weighted by atomic mass is 15.4. The number of anilines is 1. The van der Waals surface area contributed by atoms with Crippen molar-refractivity contribution in [2.24, 2.45) is 12.8 Å². The zero-order chi connectivity index (χ0) is 14.7. The van der Waals surface area contributed by atoms with Crippen LogP contribution in [0.4, 0.5) is 5.82 Å². The molecule has 0 spiro atoms. The van der Waals surface area contributed by atoms with E-state index in [9.17, 15) is 5.26 Å². The molecule has 1 fully saturated rings. The number of aromatic nitrogens is 2. The van der Waals surface area contributed by atoms with Crippen molar-refractivity contribution >= 4 is 5.82 Å². The van der Waals surface area contributed by atoms with Crippen molar-refractivity contribution in [1.29, 1.82) is 5.26 Å². The third-order valence-electron chi connectivity index (χ3n) is 4.22. The third-order valence-corrected chi connectivity index (χ3v) is 4.22. The van der Waals surface area contributed by atoms with Gasteiger partial charge >= 0.3 is 0 Å². The van der Waals surface area contributed by atoms with Gasteiger partial charge < -0.3 is 10.6 Å². The number of nitriles is 1. The molecule has 0 aromatic carbocycles. The van der Waals surface area contributed by atoms with Crippen molar-refractivity contribution in [2.75, 3.05) is 11.4 Å². The van der Waals surface area contributed by atoms with E-state index in [1.54, 1.807) is 0 Å². The van der Waals surface area contributed by atoms with E-state index in [1.807, 2.05) is 18.7 Å². The second kappa shape index (κ2) is 6.27. The average Bonchev–Trinajstić information content (AvgIpc) is 2.71. The van der Waals surface area contributed by atoms with Crippen LogP contribution >= 0.6 is 0 Å². The van der Waals surface area contributed by atoms with E-state index in [-0.39, 0.29) is 0 Å². The molecule has 1 aromatic heterocycles. The van der Waals surface area contributed by atoms with Gasteiger partial charge in [0.1, 0.15) is 17.5 Å². The molecular formula is C15H25N5. The Morgan fingerprint density at radius 1 is 1.40 bits per heavy atom. The Balaban J connectivity index is 2.31. The summed E-state index contributed by atoms with van der Waals surface area (Å²) in [6.45, 7) is 5.05. The summed E-state index contributed by atoms with van der Waals surface area (Å²) in [7, 11) is 1.93. The Bertz CT molecular complexity index is 491. The number of aryl methyl sites for hydroxylation is 2. The summed E-state index contributed by atoms with van der Waals surface area (Å²) >= 11 is 0. The number of hydrogen-bond donors (Lipinski definition) is 1. The topological polar surface area (TPSA) is 70.9 Å². The lowest BCUT2D eigenvalue weighted by Crippen LogP contribution is -2.42. The molecule has 1 heterocycles. The van der Waals surface area contributed by atoms with Crippen LogP contribution in [0.25, 0.3) is 0 Å². The second-order valence-electron chi connectivity index (χ2n) is 5.78. The molecule has 0 bridgehead atoms. The molecule has 2 N–H and O–H groups in total. The molecule has 0 amide bonds. The van der Waals surface area contributed by atoms with Gasteiger partial charge in [-0.2, -0.15) is 10.4 Å². The zero-order valence-electron chi connectivity index (χ0n) is 12.8. The maximum absolute atomic E-state index is 9.42. The van der Waals surface area contributed by atoms with E-state index in [0.29, 0.717) is 12.1 Å². The number of rotatable bonds is 4. The van der Waals surface area contributed by atoms with E-state index in [1.165, 1.54) is 0 Å². The fourth-order valence-electron chi connectivity index (χ4n) is 3.22. The standard InChI is InChI=1S/C15H25N5/c1-4-9-20(13-7-5-12(17)6-8-13)15-14(10-16)11(2)18-19(15)3/h12-13H,4-9,17H2,1-3H3. The molecule has 1 aromatic rings. The molecule has 0 unspecified atom stereocenters. The first kappa shape index (κ1) is 14.9. The Morgan fingerprint density at radius 3 is 2.60 bits per heavy atom. The molecule has 1 aliphatic rings. The van der Waals surface area contributed by atoms with Gasteiger partial charge in [0.2, 0.25) is 0 Å². The van der Waals surface area contributed by atoms with E-state index in [4.69, 9.17) is 5.73 Å². The van der Waals surface area contributed by atoms with Crippen molar-refractivity contribution in [2.45, 2.75) is 58.0 Å². The number of hydrogen-bond acceptors (Lipinski definition) is 4. The molecule has 0 aliphatic heterocycles. The first-order valence-corrected chi connectivity index (χ1v) is 7.54. The average molecular weight is 275 g/mol. The monoisotopic (exact) mass is 275 g/mol. The first-order chi connectivity index (χ1) is 9.58. The summed E-state index contributed by atoms with van der Waals surface area (Å²) in [5.74, 6) is 0.979. The summed E-state index contributed by atoms with van der Waals surface area (Å²) in [6.07, 6.45) is 5.43. The van der Waals surface area contributed by atoms with Gasteiger partial charge in [-0.1, -0.05) is 6.92 Å². The van der Waals surface area contributed by atoms with Crippen LogP contribution in [0.1, 0.15) is 50.3 Å². The van der Waals surface area contributed by atoms with Crippen LogP contribution in [0.5, 0.6) is 0 Å². The first-order valence-electron chi connectivity index (χ1n) is 7.54. The van der Waals surface area contributed by atoms with E-state index >= 15 is 0 Å². The maximum Gasteiger partial charge on any atom is 0.145 e. The lowest BCUT2D eigenvalue weighted by atomic mass is 9.90. The molecule has 0 saturated heterocycles. The van der Waals surface area contributed by atoms with Gasteiger partial charge in [0, 0.05) is 25.7 Å². The van der Waals surface area contributed by atoms with Gasteiger partial charge in [0.15, 0.2) is 0 Å². The van der Waals surface area contributed by atoms with Crippen LogP contribution in [0.2, 0.25) is 0 Å². The van der Waals surface area contributed by atoms with Crippen molar-refractivity contribution in [3.63, 3.8) is 0 Å². The fourth-order valence-corrected chi connectivity index (χ4v) is 3.22. The van der Waals surface area contributed by atoms with Crippen LogP contribution in [0, 0.1) is 18.3 Å². The fraction of sp³-hybridized carbons (Fsp3) is 0.733. The van der Waals surface area contributed by atoms with E-state index in [2.05, 4.69) is 23.0 Å².